The largest absolute Gasteiger partial charge is 0.477 e. The second-order valence-electron chi connectivity index (χ2n) is 8.90. The molecule has 4 heterocycles. The smallest absolute Gasteiger partial charge is 0.255 e. The Morgan fingerprint density at radius 3 is 2.51 bits per heavy atom. The van der Waals surface area contributed by atoms with Crippen molar-refractivity contribution >= 4 is 29.1 Å². The molecule has 1 amide bonds. The van der Waals surface area contributed by atoms with E-state index >= 15 is 0 Å². The van der Waals surface area contributed by atoms with E-state index in [0.29, 0.717) is 47.0 Å². The lowest BCUT2D eigenvalue weighted by molar-refractivity contribution is 0.0757. The van der Waals surface area contributed by atoms with Crippen LogP contribution in [-0.4, -0.2) is 50.3 Å². The zero-order valence-corrected chi connectivity index (χ0v) is 20.5. The summed E-state index contributed by atoms with van der Waals surface area (Å²) in [6, 6.07) is 16.7. The van der Waals surface area contributed by atoms with Crippen molar-refractivity contribution in [2.24, 2.45) is 5.41 Å². The molecule has 35 heavy (non-hydrogen) atoms. The average Bonchev–Trinajstić information content (AvgIpc) is 3.53. The molecule has 0 radical (unpaired) electrons. The maximum atomic E-state index is 13.4. The van der Waals surface area contributed by atoms with Crippen molar-refractivity contribution < 1.29 is 9.53 Å². The number of benzene rings is 1. The van der Waals surface area contributed by atoms with Gasteiger partial charge < -0.3 is 9.64 Å². The molecule has 1 aromatic carbocycles. The SMILES string of the molecule is C[C@]1(COc2ccc(Cl)cn2)CN(C(=O)c2ccc(-n3cccn3)nc2)C[C@@H]1c1ccc(Cl)cc1. The van der Waals surface area contributed by atoms with Crippen molar-refractivity contribution in [3.05, 3.63) is 101 Å². The Balaban J connectivity index is 1.38. The molecule has 0 N–H and O–H groups in total. The molecule has 1 aliphatic heterocycles. The van der Waals surface area contributed by atoms with Gasteiger partial charge in [-0.25, -0.2) is 14.6 Å². The summed E-state index contributed by atoms with van der Waals surface area (Å²) in [6.07, 6.45) is 6.65. The van der Waals surface area contributed by atoms with Crippen LogP contribution in [0.2, 0.25) is 10.0 Å². The van der Waals surface area contributed by atoms with E-state index in [1.165, 1.54) is 0 Å². The molecule has 5 rings (SSSR count). The Bertz CT molecular complexity index is 1300. The summed E-state index contributed by atoms with van der Waals surface area (Å²) in [5.74, 6) is 1.12. The van der Waals surface area contributed by atoms with Crippen molar-refractivity contribution in [2.45, 2.75) is 12.8 Å². The minimum Gasteiger partial charge on any atom is -0.477 e. The Hall–Kier alpha value is -3.42. The van der Waals surface area contributed by atoms with Gasteiger partial charge in [0.15, 0.2) is 5.82 Å². The Morgan fingerprint density at radius 1 is 1.06 bits per heavy atom. The highest BCUT2D eigenvalue weighted by atomic mass is 35.5. The van der Waals surface area contributed by atoms with Crippen LogP contribution in [0.5, 0.6) is 5.88 Å². The molecular weight excluding hydrogens is 485 g/mol. The number of nitrogens with zero attached hydrogens (tertiary/aromatic N) is 5. The van der Waals surface area contributed by atoms with Crippen LogP contribution >= 0.6 is 23.2 Å². The Morgan fingerprint density at radius 2 is 1.86 bits per heavy atom. The third kappa shape index (κ3) is 5.01. The number of halogens is 2. The van der Waals surface area contributed by atoms with Crippen LogP contribution in [0.15, 0.2) is 79.4 Å². The number of aromatic nitrogens is 4. The number of hydrogen-bond acceptors (Lipinski definition) is 5. The average molecular weight is 508 g/mol. The number of carbonyl (C=O) groups excluding carboxylic acids is 1. The summed E-state index contributed by atoms with van der Waals surface area (Å²) in [7, 11) is 0. The van der Waals surface area contributed by atoms with Crippen LogP contribution in [0.3, 0.4) is 0 Å². The van der Waals surface area contributed by atoms with Crippen LogP contribution in [0.1, 0.15) is 28.8 Å². The van der Waals surface area contributed by atoms with Gasteiger partial charge in [0.25, 0.3) is 5.91 Å². The van der Waals surface area contributed by atoms with Crippen molar-refractivity contribution in [2.75, 3.05) is 19.7 Å². The third-order valence-electron chi connectivity index (χ3n) is 6.34. The highest BCUT2D eigenvalue weighted by Crippen LogP contribution is 2.43. The van der Waals surface area contributed by atoms with Crippen molar-refractivity contribution in [1.29, 1.82) is 0 Å². The Labute approximate surface area is 213 Å². The van der Waals surface area contributed by atoms with E-state index in [2.05, 4.69) is 22.0 Å². The topological polar surface area (TPSA) is 73.1 Å². The number of likely N-dealkylation sites (tertiary alicyclic amines) is 1. The summed E-state index contributed by atoms with van der Waals surface area (Å²) in [4.78, 5) is 24.0. The molecular formula is C26H23Cl2N5O2. The summed E-state index contributed by atoms with van der Waals surface area (Å²) in [6.45, 7) is 3.59. The molecule has 1 fully saturated rings. The first-order chi connectivity index (χ1) is 16.9. The summed E-state index contributed by atoms with van der Waals surface area (Å²) in [5.41, 5.74) is 1.28. The first-order valence-electron chi connectivity index (χ1n) is 11.2. The van der Waals surface area contributed by atoms with E-state index in [0.717, 1.165) is 5.56 Å². The third-order valence-corrected chi connectivity index (χ3v) is 6.82. The molecule has 0 unspecified atom stereocenters. The van der Waals surface area contributed by atoms with Crippen LogP contribution in [0, 0.1) is 5.41 Å². The maximum Gasteiger partial charge on any atom is 0.255 e. The zero-order chi connectivity index (χ0) is 24.4. The number of amides is 1. The minimum absolute atomic E-state index is 0.0484. The first kappa shape index (κ1) is 23.3. The molecule has 7 nitrogen and oxygen atoms in total. The molecule has 3 aromatic heterocycles. The van der Waals surface area contributed by atoms with E-state index in [9.17, 15) is 4.79 Å². The number of ether oxygens (including phenoxy) is 1. The van der Waals surface area contributed by atoms with Gasteiger partial charge in [0, 0.05) is 60.3 Å². The van der Waals surface area contributed by atoms with Gasteiger partial charge in [-0.2, -0.15) is 5.10 Å². The minimum atomic E-state index is -0.354. The van der Waals surface area contributed by atoms with Gasteiger partial charge in [-0.15, -0.1) is 0 Å². The number of carbonyl (C=O) groups is 1. The van der Waals surface area contributed by atoms with Crippen molar-refractivity contribution in [3.63, 3.8) is 0 Å². The van der Waals surface area contributed by atoms with E-state index in [1.54, 1.807) is 47.5 Å². The quantitative estimate of drug-likeness (QED) is 0.354. The monoisotopic (exact) mass is 507 g/mol. The fourth-order valence-electron chi connectivity index (χ4n) is 4.48. The Kier molecular flexibility index (Phi) is 6.45. The van der Waals surface area contributed by atoms with Gasteiger partial charge in [0.1, 0.15) is 0 Å². The number of rotatable bonds is 6. The molecule has 1 aliphatic rings. The van der Waals surface area contributed by atoms with Gasteiger partial charge in [-0.1, -0.05) is 42.3 Å². The van der Waals surface area contributed by atoms with Crippen LogP contribution < -0.4 is 4.74 Å². The van der Waals surface area contributed by atoms with Crippen LogP contribution in [0.25, 0.3) is 5.82 Å². The summed E-state index contributed by atoms with van der Waals surface area (Å²) in [5, 5.41) is 5.40. The maximum absolute atomic E-state index is 13.4. The summed E-state index contributed by atoms with van der Waals surface area (Å²) < 4.78 is 7.71. The fraction of sp³-hybridized carbons (Fsp3) is 0.231. The second kappa shape index (κ2) is 9.68. The molecule has 9 heteroatoms. The van der Waals surface area contributed by atoms with Gasteiger partial charge in [0.05, 0.1) is 17.2 Å². The van der Waals surface area contributed by atoms with Crippen molar-refractivity contribution in [1.82, 2.24) is 24.6 Å². The number of pyridine rings is 2. The van der Waals surface area contributed by atoms with Crippen molar-refractivity contribution in [3.8, 4) is 11.7 Å². The molecule has 4 aromatic rings. The lowest BCUT2D eigenvalue weighted by atomic mass is 9.77. The highest BCUT2D eigenvalue weighted by Gasteiger charge is 2.46. The van der Waals surface area contributed by atoms with E-state index < -0.39 is 0 Å². The predicted octanol–water partition coefficient (Wildman–Crippen LogP) is 5.29. The lowest BCUT2D eigenvalue weighted by Gasteiger charge is -2.30. The molecule has 178 valence electrons. The van der Waals surface area contributed by atoms with Crippen LogP contribution in [-0.2, 0) is 0 Å². The lowest BCUT2D eigenvalue weighted by Crippen LogP contribution is -2.35. The van der Waals surface area contributed by atoms with Crippen LogP contribution in [0.4, 0.5) is 0 Å². The van der Waals surface area contributed by atoms with Gasteiger partial charge in [0.2, 0.25) is 5.88 Å². The fourth-order valence-corrected chi connectivity index (χ4v) is 4.71. The molecule has 0 spiro atoms. The standard InChI is InChI=1S/C26H23Cl2N5O2/c1-26(17-35-24-10-8-21(28)14-30-24)16-32(15-22(26)18-3-6-20(27)7-4-18)25(34)19-5-9-23(29-13-19)33-12-2-11-31-33/h2-14,22H,15-17H2,1H3/t22-,26-/m1/s1. The molecule has 0 aliphatic carbocycles. The normalized spacial score (nSPS) is 19.6. The molecule has 2 atom stereocenters. The summed E-state index contributed by atoms with van der Waals surface area (Å²) >= 11 is 12.1. The molecule has 1 saturated heterocycles. The molecule has 0 bridgehead atoms. The van der Waals surface area contributed by atoms with E-state index in [1.807, 2.05) is 41.4 Å². The van der Waals surface area contributed by atoms with Gasteiger partial charge >= 0.3 is 0 Å². The second-order valence-corrected chi connectivity index (χ2v) is 9.78. The molecule has 0 saturated carbocycles. The predicted molar refractivity (Wildman–Crippen MR) is 134 cm³/mol. The van der Waals surface area contributed by atoms with Gasteiger partial charge in [-0.05, 0) is 42.0 Å². The highest BCUT2D eigenvalue weighted by molar-refractivity contribution is 6.30. The number of hydrogen-bond donors (Lipinski definition) is 0. The van der Waals surface area contributed by atoms with Gasteiger partial charge in [-0.3, -0.25) is 4.79 Å². The first-order valence-corrected chi connectivity index (χ1v) is 11.9. The van der Waals surface area contributed by atoms with E-state index in [-0.39, 0.29) is 17.2 Å². The van der Waals surface area contributed by atoms with E-state index in [4.69, 9.17) is 27.9 Å². The zero-order valence-electron chi connectivity index (χ0n) is 19.0.